The minimum atomic E-state index is 0.394. The average Bonchev–Trinajstić information content (AvgIpc) is 2.36. The number of nitriles is 1. The van der Waals surface area contributed by atoms with E-state index in [0.717, 1.165) is 18.5 Å². The van der Waals surface area contributed by atoms with Gasteiger partial charge >= 0.3 is 0 Å². The molecule has 2 heteroatoms. The molecule has 0 amide bonds. The van der Waals surface area contributed by atoms with Crippen LogP contribution in [0.5, 0.6) is 0 Å². The number of hydrogen-bond donors (Lipinski definition) is 1. The maximum atomic E-state index is 8.72. The summed E-state index contributed by atoms with van der Waals surface area (Å²) in [6.07, 6.45) is 3.31. The van der Waals surface area contributed by atoms with Crippen LogP contribution in [0, 0.1) is 11.3 Å². The Hall–Kier alpha value is -1.59. The van der Waals surface area contributed by atoms with E-state index < -0.39 is 0 Å². The summed E-state index contributed by atoms with van der Waals surface area (Å²) in [4.78, 5) is 0. The molecule has 90 valence electrons. The topological polar surface area (TPSA) is 35.8 Å². The van der Waals surface area contributed by atoms with Crippen molar-refractivity contribution in [3.8, 4) is 6.07 Å². The Morgan fingerprint density at radius 2 is 2.06 bits per heavy atom. The van der Waals surface area contributed by atoms with Crippen molar-refractivity contribution < 1.29 is 0 Å². The fourth-order valence-corrected chi connectivity index (χ4v) is 1.56. The van der Waals surface area contributed by atoms with Crippen LogP contribution in [0.15, 0.2) is 29.8 Å². The third-order valence-electron chi connectivity index (χ3n) is 2.82. The Balaban J connectivity index is 2.69. The van der Waals surface area contributed by atoms with Gasteiger partial charge in [-0.3, -0.25) is 0 Å². The first-order chi connectivity index (χ1) is 8.17. The zero-order valence-corrected chi connectivity index (χ0v) is 10.8. The van der Waals surface area contributed by atoms with Crippen LogP contribution in [0.3, 0.4) is 0 Å². The predicted octanol–water partition coefficient (Wildman–Crippen LogP) is 3.35. The van der Waals surface area contributed by atoms with Gasteiger partial charge in [-0.15, -0.1) is 0 Å². The molecule has 0 aliphatic carbocycles. The fourth-order valence-electron chi connectivity index (χ4n) is 1.56. The second-order valence-electron chi connectivity index (χ2n) is 4.30. The van der Waals surface area contributed by atoms with Gasteiger partial charge in [0, 0.05) is 6.04 Å². The number of benzene rings is 1. The Morgan fingerprint density at radius 1 is 1.41 bits per heavy atom. The molecule has 1 N–H and O–H groups in total. The lowest BCUT2D eigenvalue weighted by atomic mass is 10.1. The second-order valence-corrected chi connectivity index (χ2v) is 4.30. The molecule has 1 aromatic carbocycles. The van der Waals surface area contributed by atoms with E-state index in [0.29, 0.717) is 11.6 Å². The summed E-state index contributed by atoms with van der Waals surface area (Å²) in [5, 5.41) is 12.2. The second kappa shape index (κ2) is 6.88. The number of hydrogen-bond acceptors (Lipinski definition) is 2. The van der Waals surface area contributed by atoms with Crippen LogP contribution in [0.1, 0.15) is 38.3 Å². The number of rotatable bonds is 5. The molecule has 17 heavy (non-hydrogen) atoms. The van der Waals surface area contributed by atoms with Gasteiger partial charge < -0.3 is 5.32 Å². The molecule has 0 saturated carbocycles. The monoisotopic (exact) mass is 228 g/mol. The van der Waals surface area contributed by atoms with Crippen molar-refractivity contribution >= 4 is 6.08 Å². The SMILES string of the molecule is CCCNC(C)/C(C)=C/c1ccc(C#N)cc1. The van der Waals surface area contributed by atoms with Crippen molar-refractivity contribution in [3.05, 3.63) is 41.0 Å². The van der Waals surface area contributed by atoms with E-state index >= 15 is 0 Å². The third-order valence-corrected chi connectivity index (χ3v) is 2.82. The largest absolute Gasteiger partial charge is 0.311 e. The smallest absolute Gasteiger partial charge is 0.0991 e. The molecule has 0 aromatic heterocycles. The molecule has 0 heterocycles. The Bertz CT molecular complexity index is 410. The quantitative estimate of drug-likeness (QED) is 0.839. The van der Waals surface area contributed by atoms with Crippen LogP contribution < -0.4 is 5.32 Å². The van der Waals surface area contributed by atoms with Crippen molar-refractivity contribution in [1.29, 1.82) is 5.26 Å². The first kappa shape index (κ1) is 13.5. The van der Waals surface area contributed by atoms with Crippen LogP contribution >= 0.6 is 0 Å². The molecule has 0 aliphatic heterocycles. The Morgan fingerprint density at radius 3 is 2.59 bits per heavy atom. The van der Waals surface area contributed by atoms with Crippen LogP contribution in [-0.4, -0.2) is 12.6 Å². The maximum absolute atomic E-state index is 8.72. The highest BCUT2D eigenvalue weighted by atomic mass is 14.9. The summed E-state index contributed by atoms with van der Waals surface area (Å²) in [6, 6.07) is 10.2. The third kappa shape index (κ3) is 4.42. The molecule has 0 bridgehead atoms. The van der Waals surface area contributed by atoms with Gasteiger partial charge in [0.1, 0.15) is 0 Å². The number of nitrogens with one attached hydrogen (secondary N) is 1. The van der Waals surface area contributed by atoms with E-state index in [4.69, 9.17) is 5.26 Å². The van der Waals surface area contributed by atoms with E-state index in [1.165, 1.54) is 5.57 Å². The molecule has 1 atom stereocenters. The molecule has 1 aromatic rings. The van der Waals surface area contributed by atoms with Crippen LogP contribution in [0.4, 0.5) is 0 Å². The van der Waals surface area contributed by atoms with Gasteiger partial charge in [0.05, 0.1) is 11.6 Å². The lowest BCUT2D eigenvalue weighted by molar-refractivity contribution is 0.604. The molecular formula is C15H20N2. The van der Waals surface area contributed by atoms with E-state index in [-0.39, 0.29) is 0 Å². The van der Waals surface area contributed by atoms with Gasteiger partial charge in [0.15, 0.2) is 0 Å². The molecule has 0 spiro atoms. The van der Waals surface area contributed by atoms with Gasteiger partial charge in [-0.05, 0) is 44.5 Å². The van der Waals surface area contributed by atoms with Crippen molar-refractivity contribution in [2.75, 3.05) is 6.54 Å². The van der Waals surface area contributed by atoms with Gasteiger partial charge in [0.2, 0.25) is 0 Å². The minimum Gasteiger partial charge on any atom is -0.311 e. The van der Waals surface area contributed by atoms with Gasteiger partial charge in [-0.2, -0.15) is 5.26 Å². The number of nitrogens with zero attached hydrogens (tertiary/aromatic N) is 1. The summed E-state index contributed by atoms with van der Waals surface area (Å²) < 4.78 is 0. The first-order valence-corrected chi connectivity index (χ1v) is 6.09. The Labute approximate surface area is 104 Å². The van der Waals surface area contributed by atoms with E-state index in [1.54, 1.807) is 0 Å². The highest BCUT2D eigenvalue weighted by molar-refractivity contribution is 5.54. The van der Waals surface area contributed by atoms with Crippen molar-refractivity contribution in [3.63, 3.8) is 0 Å². The van der Waals surface area contributed by atoms with Crippen molar-refractivity contribution in [1.82, 2.24) is 5.32 Å². The predicted molar refractivity (Wildman–Crippen MR) is 72.6 cm³/mol. The van der Waals surface area contributed by atoms with E-state index in [9.17, 15) is 0 Å². The molecular weight excluding hydrogens is 208 g/mol. The molecule has 0 radical (unpaired) electrons. The fraction of sp³-hybridized carbons (Fsp3) is 0.400. The molecule has 2 nitrogen and oxygen atoms in total. The highest BCUT2D eigenvalue weighted by Crippen LogP contribution is 2.10. The van der Waals surface area contributed by atoms with Gasteiger partial charge in [-0.25, -0.2) is 0 Å². The lowest BCUT2D eigenvalue weighted by Gasteiger charge is -2.13. The summed E-state index contributed by atoms with van der Waals surface area (Å²) >= 11 is 0. The zero-order valence-electron chi connectivity index (χ0n) is 10.8. The average molecular weight is 228 g/mol. The molecule has 1 unspecified atom stereocenters. The van der Waals surface area contributed by atoms with Crippen LogP contribution in [0.2, 0.25) is 0 Å². The summed E-state index contributed by atoms with van der Waals surface area (Å²) in [5.41, 5.74) is 3.16. The van der Waals surface area contributed by atoms with E-state index in [1.807, 2.05) is 24.3 Å². The van der Waals surface area contributed by atoms with Gasteiger partial charge in [0.25, 0.3) is 0 Å². The summed E-state index contributed by atoms with van der Waals surface area (Å²) in [7, 11) is 0. The first-order valence-electron chi connectivity index (χ1n) is 6.09. The normalized spacial score (nSPS) is 13.2. The van der Waals surface area contributed by atoms with Crippen molar-refractivity contribution in [2.24, 2.45) is 0 Å². The highest BCUT2D eigenvalue weighted by Gasteiger charge is 2.02. The Kier molecular flexibility index (Phi) is 5.45. The van der Waals surface area contributed by atoms with E-state index in [2.05, 4.69) is 38.2 Å². The minimum absolute atomic E-state index is 0.394. The van der Waals surface area contributed by atoms with Gasteiger partial charge in [-0.1, -0.05) is 30.7 Å². The molecule has 1 rings (SSSR count). The molecule has 0 fully saturated rings. The summed E-state index contributed by atoms with van der Waals surface area (Å²) in [5.74, 6) is 0. The lowest BCUT2D eigenvalue weighted by Crippen LogP contribution is -2.27. The molecule has 0 aliphatic rings. The molecule has 0 saturated heterocycles. The standard InChI is InChI=1S/C15H20N2/c1-4-9-17-13(3)12(2)10-14-5-7-15(11-16)8-6-14/h5-8,10,13,17H,4,9H2,1-3H3/b12-10+. The maximum Gasteiger partial charge on any atom is 0.0991 e. The van der Waals surface area contributed by atoms with Crippen LogP contribution in [0.25, 0.3) is 6.08 Å². The zero-order chi connectivity index (χ0) is 12.7. The summed E-state index contributed by atoms with van der Waals surface area (Å²) in [6.45, 7) is 7.51. The van der Waals surface area contributed by atoms with Crippen LogP contribution in [-0.2, 0) is 0 Å². The van der Waals surface area contributed by atoms with Crippen molar-refractivity contribution in [2.45, 2.75) is 33.2 Å².